The number of benzene rings is 1. The zero-order chi connectivity index (χ0) is 11.3. The molecule has 0 fully saturated rings. The summed E-state index contributed by atoms with van der Waals surface area (Å²) in [6.45, 7) is 4.21. The molecule has 0 saturated heterocycles. The van der Waals surface area contributed by atoms with E-state index in [1.54, 1.807) is 24.3 Å². The smallest absolute Gasteiger partial charge is 0.224 e. The van der Waals surface area contributed by atoms with Gasteiger partial charge in [0.1, 0.15) is 0 Å². The molecule has 1 aromatic carbocycles. The van der Waals surface area contributed by atoms with E-state index in [1.165, 1.54) is 0 Å². The first-order valence-corrected chi connectivity index (χ1v) is 5.51. The van der Waals surface area contributed by atoms with E-state index in [1.807, 2.05) is 0 Å². The fourth-order valence-corrected chi connectivity index (χ4v) is 1.30. The van der Waals surface area contributed by atoms with Crippen LogP contribution < -0.4 is 5.32 Å². The first kappa shape index (κ1) is 12.1. The van der Waals surface area contributed by atoms with Gasteiger partial charge in [0.25, 0.3) is 0 Å². The van der Waals surface area contributed by atoms with E-state index in [9.17, 15) is 4.79 Å². The second-order valence-corrected chi connectivity index (χ2v) is 4.42. The zero-order valence-corrected chi connectivity index (χ0v) is 9.84. The van der Waals surface area contributed by atoms with Crippen molar-refractivity contribution in [1.82, 2.24) is 0 Å². The Morgan fingerprint density at radius 3 is 2.47 bits per heavy atom. The van der Waals surface area contributed by atoms with Gasteiger partial charge in [0.05, 0.1) is 0 Å². The molecule has 82 valence electrons. The molecule has 0 atom stereocenters. The van der Waals surface area contributed by atoms with Gasteiger partial charge < -0.3 is 5.32 Å². The number of amides is 1. The molecule has 15 heavy (non-hydrogen) atoms. The predicted molar refractivity (Wildman–Crippen MR) is 64.2 cm³/mol. The van der Waals surface area contributed by atoms with Crippen LogP contribution in [-0.4, -0.2) is 5.91 Å². The summed E-state index contributed by atoms with van der Waals surface area (Å²) in [6.07, 6.45) is 1.49. The van der Waals surface area contributed by atoms with Gasteiger partial charge in [0.2, 0.25) is 5.91 Å². The van der Waals surface area contributed by atoms with Crippen molar-refractivity contribution in [3.05, 3.63) is 29.3 Å². The SMILES string of the molecule is CC(C)CCC(=O)Nc1ccc(Cl)cc1. The lowest BCUT2D eigenvalue weighted by Gasteiger charge is -2.06. The van der Waals surface area contributed by atoms with Crippen LogP contribution in [0.15, 0.2) is 24.3 Å². The molecule has 1 rings (SSSR count). The van der Waals surface area contributed by atoms with E-state index in [-0.39, 0.29) is 5.91 Å². The zero-order valence-electron chi connectivity index (χ0n) is 9.09. The second kappa shape index (κ2) is 5.76. The van der Waals surface area contributed by atoms with E-state index in [0.717, 1.165) is 12.1 Å². The number of rotatable bonds is 4. The molecule has 2 nitrogen and oxygen atoms in total. The van der Waals surface area contributed by atoms with Crippen molar-refractivity contribution < 1.29 is 4.79 Å². The third-order valence-electron chi connectivity index (χ3n) is 2.08. The highest BCUT2D eigenvalue weighted by atomic mass is 35.5. The van der Waals surface area contributed by atoms with Gasteiger partial charge in [-0.3, -0.25) is 4.79 Å². The molecule has 1 N–H and O–H groups in total. The highest BCUT2D eigenvalue weighted by molar-refractivity contribution is 6.30. The van der Waals surface area contributed by atoms with Gasteiger partial charge in [0, 0.05) is 17.1 Å². The molecule has 0 unspecified atom stereocenters. The van der Waals surface area contributed by atoms with Gasteiger partial charge in [-0.1, -0.05) is 25.4 Å². The van der Waals surface area contributed by atoms with Gasteiger partial charge in [0.15, 0.2) is 0 Å². The lowest BCUT2D eigenvalue weighted by molar-refractivity contribution is -0.116. The van der Waals surface area contributed by atoms with Crippen LogP contribution in [0, 0.1) is 5.92 Å². The van der Waals surface area contributed by atoms with Crippen molar-refractivity contribution in [2.24, 2.45) is 5.92 Å². The molecule has 0 bridgehead atoms. The topological polar surface area (TPSA) is 29.1 Å². The van der Waals surface area contributed by atoms with Crippen LogP contribution in [0.4, 0.5) is 5.69 Å². The van der Waals surface area contributed by atoms with Crippen molar-refractivity contribution in [3.8, 4) is 0 Å². The lowest BCUT2D eigenvalue weighted by atomic mass is 10.1. The minimum Gasteiger partial charge on any atom is -0.326 e. The minimum atomic E-state index is 0.0611. The maximum Gasteiger partial charge on any atom is 0.224 e. The molecule has 0 aliphatic rings. The maximum atomic E-state index is 11.5. The van der Waals surface area contributed by atoms with Gasteiger partial charge in [-0.15, -0.1) is 0 Å². The number of carbonyl (C=O) groups excluding carboxylic acids is 1. The monoisotopic (exact) mass is 225 g/mol. The molecule has 0 saturated carbocycles. The van der Waals surface area contributed by atoms with E-state index >= 15 is 0 Å². The summed E-state index contributed by atoms with van der Waals surface area (Å²) in [6, 6.07) is 7.13. The van der Waals surface area contributed by atoms with Crippen LogP contribution in [0.3, 0.4) is 0 Å². The molecule has 3 heteroatoms. The average molecular weight is 226 g/mol. The van der Waals surface area contributed by atoms with Crippen LogP contribution in [0.25, 0.3) is 0 Å². The van der Waals surface area contributed by atoms with Crippen LogP contribution >= 0.6 is 11.6 Å². The summed E-state index contributed by atoms with van der Waals surface area (Å²) in [5.74, 6) is 0.618. The summed E-state index contributed by atoms with van der Waals surface area (Å²) < 4.78 is 0. The van der Waals surface area contributed by atoms with E-state index < -0.39 is 0 Å². The molecule has 1 aromatic rings. The number of hydrogen-bond acceptors (Lipinski definition) is 1. The molecule has 1 amide bonds. The first-order valence-electron chi connectivity index (χ1n) is 5.13. The first-order chi connectivity index (χ1) is 7.08. The average Bonchev–Trinajstić information content (AvgIpc) is 2.19. The fraction of sp³-hybridized carbons (Fsp3) is 0.417. The third kappa shape index (κ3) is 4.84. The van der Waals surface area contributed by atoms with Crippen LogP contribution in [0.1, 0.15) is 26.7 Å². The molecule has 0 heterocycles. The quantitative estimate of drug-likeness (QED) is 0.832. The molecule has 0 radical (unpaired) electrons. The minimum absolute atomic E-state index is 0.0611. The Balaban J connectivity index is 2.41. The van der Waals surface area contributed by atoms with Gasteiger partial charge in [-0.25, -0.2) is 0 Å². The Morgan fingerprint density at radius 1 is 1.33 bits per heavy atom. The number of nitrogens with one attached hydrogen (secondary N) is 1. The van der Waals surface area contributed by atoms with Gasteiger partial charge >= 0.3 is 0 Å². The number of hydrogen-bond donors (Lipinski definition) is 1. The Bertz CT molecular complexity index is 319. The summed E-state index contributed by atoms with van der Waals surface area (Å²) in [5.41, 5.74) is 0.799. The summed E-state index contributed by atoms with van der Waals surface area (Å²) in [4.78, 5) is 11.5. The van der Waals surface area contributed by atoms with Crippen molar-refractivity contribution >= 4 is 23.2 Å². The Kier molecular flexibility index (Phi) is 4.63. The van der Waals surface area contributed by atoms with Crippen LogP contribution in [0.2, 0.25) is 5.02 Å². The van der Waals surface area contributed by atoms with Crippen molar-refractivity contribution in [3.63, 3.8) is 0 Å². The molecular formula is C12H16ClNO. The molecule has 0 aromatic heterocycles. The fourth-order valence-electron chi connectivity index (χ4n) is 1.18. The van der Waals surface area contributed by atoms with Crippen LogP contribution in [0.5, 0.6) is 0 Å². The normalized spacial score (nSPS) is 10.4. The highest BCUT2D eigenvalue weighted by Gasteiger charge is 2.03. The number of carbonyl (C=O) groups is 1. The molecule has 0 spiro atoms. The van der Waals surface area contributed by atoms with Gasteiger partial charge in [-0.05, 0) is 36.6 Å². The van der Waals surface area contributed by atoms with Crippen LogP contribution in [-0.2, 0) is 4.79 Å². The van der Waals surface area contributed by atoms with E-state index in [2.05, 4.69) is 19.2 Å². The van der Waals surface area contributed by atoms with Crippen molar-refractivity contribution in [1.29, 1.82) is 0 Å². The van der Waals surface area contributed by atoms with E-state index in [4.69, 9.17) is 11.6 Å². The lowest BCUT2D eigenvalue weighted by Crippen LogP contribution is -2.11. The second-order valence-electron chi connectivity index (χ2n) is 3.99. The van der Waals surface area contributed by atoms with E-state index in [0.29, 0.717) is 17.4 Å². The Labute approximate surface area is 95.6 Å². The molecule has 0 aliphatic carbocycles. The number of halogens is 1. The van der Waals surface area contributed by atoms with Crippen molar-refractivity contribution in [2.75, 3.05) is 5.32 Å². The summed E-state index contributed by atoms with van der Waals surface area (Å²) in [5, 5.41) is 3.50. The highest BCUT2D eigenvalue weighted by Crippen LogP contribution is 2.14. The molecule has 0 aliphatic heterocycles. The predicted octanol–water partition coefficient (Wildman–Crippen LogP) is 3.71. The third-order valence-corrected chi connectivity index (χ3v) is 2.33. The Morgan fingerprint density at radius 2 is 1.93 bits per heavy atom. The summed E-state index contributed by atoms with van der Waals surface area (Å²) in [7, 11) is 0. The standard InChI is InChI=1S/C12H16ClNO/c1-9(2)3-8-12(15)14-11-6-4-10(13)5-7-11/h4-7,9H,3,8H2,1-2H3,(H,14,15). The largest absolute Gasteiger partial charge is 0.326 e. The maximum absolute atomic E-state index is 11.5. The van der Waals surface area contributed by atoms with Crippen molar-refractivity contribution in [2.45, 2.75) is 26.7 Å². The Hall–Kier alpha value is -1.02. The summed E-state index contributed by atoms with van der Waals surface area (Å²) >= 11 is 5.74. The van der Waals surface area contributed by atoms with Gasteiger partial charge in [-0.2, -0.15) is 0 Å². The number of anilines is 1. The molecular weight excluding hydrogens is 210 g/mol.